The number of benzene rings is 3. The number of amides is 1. The molecule has 0 saturated heterocycles. The van der Waals surface area contributed by atoms with Crippen molar-refractivity contribution in [2.45, 2.75) is 0 Å². The van der Waals surface area contributed by atoms with E-state index in [0.717, 1.165) is 11.1 Å². The van der Waals surface area contributed by atoms with Gasteiger partial charge in [-0.15, -0.1) is 0 Å². The molecule has 0 saturated carbocycles. The molecular formula is C21H15ClN4O. The van der Waals surface area contributed by atoms with Gasteiger partial charge < -0.3 is 10.6 Å². The molecule has 27 heavy (non-hydrogen) atoms. The highest BCUT2D eigenvalue weighted by molar-refractivity contribution is 6.30. The topological polar surface area (TPSA) is 66.9 Å². The molecule has 1 amide bonds. The van der Waals surface area contributed by atoms with Crippen molar-refractivity contribution in [2.24, 2.45) is 0 Å². The van der Waals surface area contributed by atoms with Gasteiger partial charge in [-0.3, -0.25) is 4.79 Å². The molecule has 4 aromatic rings. The summed E-state index contributed by atoms with van der Waals surface area (Å²) >= 11 is 5.88. The minimum Gasteiger partial charge on any atom is -0.340 e. The Kier molecular flexibility index (Phi) is 4.68. The molecule has 0 fully saturated rings. The van der Waals surface area contributed by atoms with Crippen LogP contribution in [-0.4, -0.2) is 15.9 Å². The first-order valence-corrected chi connectivity index (χ1v) is 8.72. The highest BCUT2D eigenvalue weighted by Gasteiger charge is 2.14. The second-order valence-corrected chi connectivity index (χ2v) is 6.30. The van der Waals surface area contributed by atoms with Crippen molar-refractivity contribution in [1.82, 2.24) is 9.97 Å². The summed E-state index contributed by atoms with van der Waals surface area (Å²) < 4.78 is 0. The van der Waals surface area contributed by atoms with Crippen LogP contribution in [-0.2, 0) is 0 Å². The van der Waals surface area contributed by atoms with E-state index in [0.29, 0.717) is 22.0 Å². The van der Waals surface area contributed by atoms with E-state index in [2.05, 4.69) is 20.6 Å². The lowest BCUT2D eigenvalue weighted by atomic mass is 10.2. The molecule has 0 bridgehead atoms. The third-order valence-corrected chi connectivity index (χ3v) is 4.20. The maximum Gasteiger partial charge on any atom is 0.293 e. The molecule has 6 heteroatoms. The number of para-hydroxylation sites is 2. The highest BCUT2D eigenvalue weighted by atomic mass is 35.5. The van der Waals surface area contributed by atoms with E-state index < -0.39 is 0 Å². The van der Waals surface area contributed by atoms with E-state index in [1.165, 1.54) is 0 Å². The molecule has 4 rings (SSSR count). The molecule has 1 aromatic heterocycles. The van der Waals surface area contributed by atoms with Gasteiger partial charge in [0.25, 0.3) is 5.91 Å². The number of rotatable bonds is 4. The zero-order valence-corrected chi connectivity index (χ0v) is 14.9. The van der Waals surface area contributed by atoms with Crippen LogP contribution in [0.4, 0.5) is 17.2 Å². The van der Waals surface area contributed by atoms with Crippen molar-refractivity contribution in [3.63, 3.8) is 0 Å². The summed E-state index contributed by atoms with van der Waals surface area (Å²) in [5, 5.41) is 7.49. The van der Waals surface area contributed by atoms with Crippen LogP contribution >= 0.6 is 11.6 Å². The van der Waals surface area contributed by atoms with Crippen LogP contribution in [0, 0.1) is 0 Å². The van der Waals surface area contributed by atoms with Crippen molar-refractivity contribution in [3.8, 4) is 0 Å². The summed E-state index contributed by atoms with van der Waals surface area (Å²) in [4.78, 5) is 21.5. The van der Waals surface area contributed by atoms with Gasteiger partial charge in [0, 0.05) is 21.8 Å². The molecular weight excluding hydrogens is 360 g/mol. The summed E-state index contributed by atoms with van der Waals surface area (Å²) in [6.07, 6.45) is 0. The van der Waals surface area contributed by atoms with Gasteiger partial charge >= 0.3 is 0 Å². The third kappa shape index (κ3) is 3.88. The second kappa shape index (κ2) is 7.43. The van der Waals surface area contributed by atoms with Crippen LogP contribution in [0.1, 0.15) is 10.6 Å². The first-order chi connectivity index (χ1) is 13.2. The molecule has 0 aliphatic heterocycles. The molecule has 0 radical (unpaired) electrons. The number of halogens is 1. The number of hydrogen-bond acceptors (Lipinski definition) is 4. The van der Waals surface area contributed by atoms with Gasteiger partial charge in [-0.2, -0.15) is 0 Å². The largest absolute Gasteiger partial charge is 0.340 e. The molecule has 1 heterocycles. The number of carbonyl (C=O) groups is 1. The summed E-state index contributed by atoms with van der Waals surface area (Å²) in [5.74, 6) is 0.273. The Balaban J connectivity index is 1.70. The maximum absolute atomic E-state index is 12.7. The van der Waals surface area contributed by atoms with Crippen molar-refractivity contribution < 1.29 is 4.79 Å². The molecule has 0 unspecified atom stereocenters. The summed E-state index contributed by atoms with van der Waals surface area (Å²) in [7, 11) is 0. The van der Waals surface area contributed by atoms with Crippen molar-refractivity contribution in [3.05, 3.63) is 89.7 Å². The number of fused-ring (bicyclic) bond motifs is 1. The molecule has 5 nitrogen and oxygen atoms in total. The Morgan fingerprint density at radius 2 is 1.48 bits per heavy atom. The Morgan fingerprint density at radius 1 is 0.778 bits per heavy atom. The predicted molar refractivity (Wildman–Crippen MR) is 109 cm³/mol. The molecule has 0 spiro atoms. The average molecular weight is 375 g/mol. The van der Waals surface area contributed by atoms with Crippen molar-refractivity contribution in [1.29, 1.82) is 0 Å². The van der Waals surface area contributed by atoms with Crippen LogP contribution in [0.15, 0.2) is 78.9 Å². The van der Waals surface area contributed by atoms with Gasteiger partial charge in [-0.1, -0.05) is 41.9 Å². The van der Waals surface area contributed by atoms with Gasteiger partial charge in [0.15, 0.2) is 0 Å². The fourth-order valence-corrected chi connectivity index (χ4v) is 2.78. The minimum atomic E-state index is -0.390. The Hall–Kier alpha value is -3.44. The first kappa shape index (κ1) is 17.0. The zero-order valence-electron chi connectivity index (χ0n) is 14.2. The van der Waals surface area contributed by atoms with Crippen LogP contribution in [0.25, 0.3) is 10.9 Å². The molecule has 0 atom stereocenters. The van der Waals surface area contributed by atoms with E-state index in [1.54, 1.807) is 24.3 Å². The van der Waals surface area contributed by atoms with Crippen LogP contribution in [0.3, 0.4) is 0 Å². The molecule has 0 aliphatic carbocycles. The molecule has 3 aromatic carbocycles. The lowest BCUT2D eigenvalue weighted by molar-refractivity contribution is 0.101. The van der Waals surface area contributed by atoms with E-state index in [4.69, 9.17) is 11.6 Å². The fourth-order valence-electron chi connectivity index (χ4n) is 2.65. The van der Waals surface area contributed by atoms with E-state index in [9.17, 15) is 4.79 Å². The standard InChI is InChI=1S/C21H15ClN4O/c22-14-10-12-16(13-11-14)24-21(27)20-25-18-9-5-4-8-17(18)19(26-20)23-15-6-2-1-3-7-15/h1-13H,(H,24,27)(H,23,25,26). The van der Waals surface area contributed by atoms with E-state index in [1.807, 2.05) is 54.6 Å². The monoisotopic (exact) mass is 374 g/mol. The average Bonchev–Trinajstić information content (AvgIpc) is 2.70. The number of hydrogen-bond donors (Lipinski definition) is 2. The molecule has 132 valence electrons. The number of anilines is 3. The fraction of sp³-hybridized carbons (Fsp3) is 0. The summed E-state index contributed by atoms with van der Waals surface area (Å²) in [6.45, 7) is 0. The van der Waals surface area contributed by atoms with Crippen molar-refractivity contribution >= 4 is 45.6 Å². The van der Waals surface area contributed by atoms with Crippen LogP contribution < -0.4 is 10.6 Å². The SMILES string of the molecule is O=C(Nc1ccc(Cl)cc1)c1nc(Nc2ccccc2)c2ccccc2n1. The van der Waals surface area contributed by atoms with Crippen LogP contribution in [0.5, 0.6) is 0 Å². The highest BCUT2D eigenvalue weighted by Crippen LogP contribution is 2.24. The molecule has 0 aliphatic rings. The first-order valence-electron chi connectivity index (χ1n) is 8.35. The third-order valence-electron chi connectivity index (χ3n) is 3.94. The summed E-state index contributed by atoms with van der Waals surface area (Å²) in [6, 6.07) is 24.1. The van der Waals surface area contributed by atoms with Crippen LogP contribution in [0.2, 0.25) is 5.02 Å². The van der Waals surface area contributed by atoms with E-state index in [-0.39, 0.29) is 11.7 Å². The van der Waals surface area contributed by atoms with Gasteiger partial charge in [0.1, 0.15) is 5.82 Å². The molecule has 2 N–H and O–H groups in total. The zero-order chi connectivity index (χ0) is 18.6. The normalized spacial score (nSPS) is 10.6. The Morgan fingerprint density at radius 3 is 2.26 bits per heavy atom. The lowest BCUT2D eigenvalue weighted by Gasteiger charge is -2.11. The smallest absolute Gasteiger partial charge is 0.293 e. The second-order valence-electron chi connectivity index (χ2n) is 5.87. The number of aromatic nitrogens is 2. The van der Waals surface area contributed by atoms with Gasteiger partial charge in [0.05, 0.1) is 5.52 Å². The number of carbonyl (C=O) groups excluding carboxylic acids is 1. The van der Waals surface area contributed by atoms with Gasteiger partial charge in [-0.25, -0.2) is 9.97 Å². The Bertz CT molecular complexity index is 1100. The maximum atomic E-state index is 12.7. The minimum absolute atomic E-state index is 0.0853. The number of nitrogens with one attached hydrogen (secondary N) is 2. The number of nitrogens with zero attached hydrogens (tertiary/aromatic N) is 2. The van der Waals surface area contributed by atoms with Gasteiger partial charge in [-0.05, 0) is 48.5 Å². The Labute approximate surface area is 161 Å². The predicted octanol–water partition coefficient (Wildman–Crippen LogP) is 5.28. The summed E-state index contributed by atoms with van der Waals surface area (Å²) in [5.41, 5.74) is 2.19. The van der Waals surface area contributed by atoms with E-state index >= 15 is 0 Å². The quantitative estimate of drug-likeness (QED) is 0.510. The van der Waals surface area contributed by atoms with Crippen molar-refractivity contribution in [2.75, 3.05) is 10.6 Å². The lowest BCUT2D eigenvalue weighted by Crippen LogP contribution is -2.16. The van der Waals surface area contributed by atoms with Gasteiger partial charge in [0.2, 0.25) is 5.82 Å².